The number of aryl methyl sites for hydroxylation is 1. The summed E-state index contributed by atoms with van der Waals surface area (Å²) in [4.78, 5) is 1.39. The van der Waals surface area contributed by atoms with Crippen molar-refractivity contribution in [1.82, 2.24) is 5.32 Å². The van der Waals surface area contributed by atoms with Crippen molar-refractivity contribution in [2.45, 2.75) is 19.4 Å². The number of nitrogens with one attached hydrogen (secondary N) is 1. The van der Waals surface area contributed by atoms with Crippen molar-refractivity contribution >= 4 is 38.9 Å². The van der Waals surface area contributed by atoms with Gasteiger partial charge in [-0.1, -0.05) is 33.6 Å². The van der Waals surface area contributed by atoms with E-state index in [0.717, 1.165) is 15.9 Å². The van der Waals surface area contributed by atoms with E-state index >= 15 is 0 Å². The smallest absolute Gasteiger partial charge is 0.0456 e. The topological polar surface area (TPSA) is 12.0 Å². The largest absolute Gasteiger partial charge is 0.312 e. The van der Waals surface area contributed by atoms with E-state index in [-0.39, 0.29) is 0 Å². The number of rotatable bonds is 4. The Hall–Kier alpha value is -0.350. The molecule has 0 radical (unpaired) electrons. The van der Waals surface area contributed by atoms with Crippen LogP contribution in [-0.2, 0) is 6.42 Å². The van der Waals surface area contributed by atoms with Crippen LogP contribution in [0.15, 0.2) is 34.1 Å². The lowest BCUT2D eigenvalue weighted by molar-refractivity contribution is 0.599. The lowest BCUT2D eigenvalue weighted by atomic mass is 10.0. The fourth-order valence-corrected chi connectivity index (χ4v) is 3.76. The third-order valence-electron chi connectivity index (χ3n) is 3.01. The first-order valence-electron chi connectivity index (χ1n) is 5.77. The Morgan fingerprint density at radius 3 is 2.72 bits per heavy atom. The number of likely N-dealkylation sites (N-methyl/N-ethyl adjacent to an activating group) is 1. The summed E-state index contributed by atoms with van der Waals surface area (Å²) in [5.41, 5.74) is 2.51. The van der Waals surface area contributed by atoms with E-state index in [1.165, 1.54) is 16.0 Å². The second kappa shape index (κ2) is 6.20. The monoisotopic (exact) mass is 343 g/mol. The number of thiophene rings is 1. The van der Waals surface area contributed by atoms with Crippen LogP contribution >= 0.6 is 38.9 Å². The van der Waals surface area contributed by atoms with Crippen molar-refractivity contribution in [1.29, 1.82) is 0 Å². The van der Waals surface area contributed by atoms with Crippen molar-refractivity contribution in [3.63, 3.8) is 0 Å². The fraction of sp³-hybridized carbons (Fsp3) is 0.286. The molecule has 4 heteroatoms. The molecule has 1 unspecified atom stereocenters. The molecule has 96 valence electrons. The predicted octanol–water partition coefficient (Wildman–Crippen LogP) is 4.98. The van der Waals surface area contributed by atoms with Crippen molar-refractivity contribution in [3.05, 3.63) is 55.1 Å². The summed E-state index contributed by atoms with van der Waals surface area (Å²) in [6.07, 6.45) is 0.907. The summed E-state index contributed by atoms with van der Waals surface area (Å²) in [5.74, 6) is 0. The van der Waals surface area contributed by atoms with Gasteiger partial charge in [-0.05, 0) is 55.1 Å². The summed E-state index contributed by atoms with van der Waals surface area (Å²) in [6, 6.07) is 8.55. The van der Waals surface area contributed by atoms with E-state index in [4.69, 9.17) is 11.6 Å². The summed E-state index contributed by atoms with van der Waals surface area (Å²) in [5, 5.41) is 6.33. The summed E-state index contributed by atoms with van der Waals surface area (Å²) in [7, 11) is 2.00. The van der Waals surface area contributed by atoms with Gasteiger partial charge in [-0.15, -0.1) is 11.3 Å². The van der Waals surface area contributed by atoms with Crippen molar-refractivity contribution in [2.75, 3.05) is 7.05 Å². The van der Waals surface area contributed by atoms with Gasteiger partial charge in [0.25, 0.3) is 0 Å². The molecule has 1 atom stereocenters. The Labute approximate surface area is 125 Å². The maximum absolute atomic E-state index is 6.28. The Balaban J connectivity index is 2.23. The molecule has 1 aromatic heterocycles. The van der Waals surface area contributed by atoms with Crippen molar-refractivity contribution < 1.29 is 0 Å². The van der Waals surface area contributed by atoms with Gasteiger partial charge in [0.05, 0.1) is 0 Å². The standard InChI is InChI=1S/C14H15BrClNS/c1-9-5-6-18-14(9)13(17-2)7-10-3-4-11(15)8-12(10)16/h3-6,8,13,17H,7H2,1-2H3. The minimum atomic E-state index is 0.323. The second-order valence-corrected chi connectivity index (χ2v) is 6.52. The maximum atomic E-state index is 6.28. The highest BCUT2D eigenvalue weighted by Crippen LogP contribution is 2.30. The molecule has 0 aliphatic carbocycles. The highest BCUT2D eigenvalue weighted by atomic mass is 79.9. The van der Waals surface area contributed by atoms with Gasteiger partial charge in [0.2, 0.25) is 0 Å². The van der Waals surface area contributed by atoms with Gasteiger partial charge in [0.15, 0.2) is 0 Å². The summed E-state index contributed by atoms with van der Waals surface area (Å²) < 4.78 is 1.02. The van der Waals surface area contributed by atoms with E-state index in [0.29, 0.717) is 6.04 Å². The molecule has 0 saturated carbocycles. The number of benzene rings is 1. The first-order valence-corrected chi connectivity index (χ1v) is 7.82. The van der Waals surface area contributed by atoms with Gasteiger partial charge >= 0.3 is 0 Å². The van der Waals surface area contributed by atoms with Crippen molar-refractivity contribution in [3.8, 4) is 0 Å². The molecule has 0 aliphatic heterocycles. The van der Waals surface area contributed by atoms with Gasteiger partial charge in [0.1, 0.15) is 0 Å². The Morgan fingerprint density at radius 2 is 2.17 bits per heavy atom. The molecule has 0 aliphatic rings. The van der Waals surface area contributed by atoms with Gasteiger partial charge in [-0.25, -0.2) is 0 Å². The zero-order valence-corrected chi connectivity index (χ0v) is 13.5. The zero-order valence-electron chi connectivity index (χ0n) is 10.3. The lowest BCUT2D eigenvalue weighted by Crippen LogP contribution is -2.18. The van der Waals surface area contributed by atoms with Crippen LogP contribution in [0.25, 0.3) is 0 Å². The van der Waals surface area contributed by atoms with Gasteiger partial charge in [-0.2, -0.15) is 0 Å². The Bertz CT molecular complexity index is 538. The normalized spacial score (nSPS) is 12.7. The van der Waals surface area contributed by atoms with Gasteiger partial charge < -0.3 is 5.32 Å². The van der Waals surface area contributed by atoms with E-state index in [1.54, 1.807) is 11.3 Å². The molecule has 0 bridgehead atoms. The molecule has 18 heavy (non-hydrogen) atoms. The van der Waals surface area contributed by atoms with Gasteiger partial charge in [-0.3, -0.25) is 0 Å². The molecule has 2 rings (SSSR count). The average Bonchev–Trinajstić information content (AvgIpc) is 2.75. The molecule has 1 aromatic carbocycles. The minimum absolute atomic E-state index is 0.323. The average molecular weight is 345 g/mol. The first kappa shape index (κ1) is 14.1. The third kappa shape index (κ3) is 3.15. The molecule has 2 aromatic rings. The second-order valence-electron chi connectivity index (χ2n) is 4.25. The first-order chi connectivity index (χ1) is 8.61. The minimum Gasteiger partial charge on any atom is -0.312 e. The molecular weight excluding hydrogens is 330 g/mol. The summed E-state index contributed by atoms with van der Waals surface area (Å²) >= 11 is 11.5. The van der Waals surface area contributed by atoms with Crippen LogP contribution in [0.5, 0.6) is 0 Å². The highest BCUT2D eigenvalue weighted by molar-refractivity contribution is 9.10. The van der Waals surface area contributed by atoms with Gasteiger partial charge in [0, 0.05) is 20.4 Å². The van der Waals surface area contributed by atoms with Crippen LogP contribution in [0.2, 0.25) is 5.02 Å². The number of halogens is 2. The SMILES string of the molecule is CNC(Cc1ccc(Br)cc1Cl)c1sccc1C. The van der Waals surface area contributed by atoms with Crippen molar-refractivity contribution in [2.24, 2.45) is 0 Å². The van der Waals surface area contributed by atoms with E-state index in [1.807, 2.05) is 19.2 Å². The lowest BCUT2D eigenvalue weighted by Gasteiger charge is -2.17. The number of hydrogen-bond acceptors (Lipinski definition) is 2. The molecule has 0 amide bonds. The molecule has 1 nitrogen and oxygen atoms in total. The number of hydrogen-bond donors (Lipinski definition) is 1. The van der Waals surface area contributed by atoms with Crippen LogP contribution in [0, 0.1) is 6.92 Å². The Morgan fingerprint density at radius 1 is 1.39 bits per heavy atom. The molecule has 0 saturated heterocycles. The highest BCUT2D eigenvalue weighted by Gasteiger charge is 2.15. The predicted molar refractivity (Wildman–Crippen MR) is 83.7 cm³/mol. The van der Waals surface area contributed by atoms with Crippen LogP contribution in [0.4, 0.5) is 0 Å². The van der Waals surface area contributed by atoms with E-state index < -0.39 is 0 Å². The van der Waals surface area contributed by atoms with Crippen LogP contribution in [0.3, 0.4) is 0 Å². The molecule has 0 spiro atoms. The fourth-order valence-electron chi connectivity index (χ4n) is 1.97. The van der Waals surface area contributed by atoms with Crippen LogP contribution in [0.1, 0.15) is 22.0 Å². The summed E-state index contributed by atoms with van der Waals surface area (Å²) in [6.45, 7) is 2.15. The van der Waals surface area contributed by atoms with E-state index in [2.05, 4.69) is 45.7 Å². The van der Waals surface area contributed by atoms with E-state index in [9.17, 15) is 0 Å². The quantitative estimate of drug-likeness (QED) is 0.825. The molecular formula is C14H15BrClNS. The molecule has 1 heterocycles. The third-order valence-corrected chi connectivity index (χ3v) is 4.98. The molecule has 1 N–H and O–H groups in total. The molecule has 0 fully saturated rings. The Kier molecular flexibility index (Phi) is 4.84. The zero-order chi connectivity index (χ0) is 13.1. The van der Waals surface area contributed by atoms with Crippen LogP contribution < -0.4 is 5.32 Å². The maximum Gasteiger partial charge on any atom is 0.0456 e. The van der Waals surface area contributed by atoms with Crippen LogP contribution in [-0.4, -0.2) is 7.05 Å².